The smallest absolute Gasteiger partial charge is 0.241 e. The monoisotopic (exact) mass is 502 g/mol. The van der Waals surface area contributed by atoms with Crippen LogP contribution >= 0.6 is 0 Å². The van der Waals surface area contributed by atoms with Gasteiger partial charge in [-0.2, -0.15) is 0 Å². The van der Waals surface area contributed by atoms with Crippen molar-refractivity contribution in [1.29, 1.82) is 0 Å². The molecule has 0 aromatic heterocycles. The lowest BCUT2D eigenvalue weighted by Crippen LogP contribution is -2.35. The second-order valence-electron chi connectivity index (χ2n) is 9.99. The molecule has 8 heteroatoms. The molecule has 0 bridgehead atoms. The molecule has 1 aliphatic carbocycles. The van der Waals surface area contributed by atoms with Crippen molar-refractivity contribution in [3.63, 3.8) is 0 Å². The van der Waals surface area contributed by atoms with Gasteiger partial charge < -0.3 is 9.47 Å². The minimum Gasteiger partial charge on any atom is -0.380 e. The van der Waals surface area contributed by atoms with Crippen LogP contribution in [0.15, 0.2) is 60.2 Å². The zero-order chi connectivity index (χ0) is 26.3. The molecule has 4 atom stereocenters. The Morgan fingerprint density at radius 1 is 0.784 bits per heavy atom. The molecule has 2 fully saturated rings. The van der Waals surface area contributed by atoms with E-state index in [2.05, 4.69) is 0 Å². The lowest BCUT2D eigenvalue weighted by Gasteiger charge is -2.29. The molecule has 2 heterocycles. The number of amides is 4. The first-order valence-electron chi connectivity index (χ1n) is 12.4. The molecule has 0 spiro atoms. The Morgan fingerprint density at radius 3 is 1.95 bits per heavy atom. The molecule has 0 saturated carbocycles. The van der Waals surface area contributed by atoms with Gasteiger partial charge >= 0.3 is 0 Å². The van der Waals surface area contributed by atoms with Crippen molar-refractivity contribution in [1.82, 2.24) is 0 Å². The maximum Gasteiger partial charge on any atom is 0.241 e. The van der Waals surface area contributed by atoms with E-state index in [9.17, 15) is 19.2 Å². The molecule has 192 valence electrons. The Hall–Kier alpha value is -3.62. The number of benzene rings is 2. The SMILES string of the molecule is COCc1cccc(N2C(=O)[C@@H]3C(C)=C[C@H]([C@@H]4CC(=O)N(c5cccc(COC)c5)C4=O)C[C@@H]3C2=O)c1. The highest BCUT2D eigenvalue weighted by Gasteiger charge is 2.54. The number of imide groups is 2. The topological polar surface area (TPSA) is 93.2 Å². The third-order valence-electron chi connectivity index (χ3n) is 7.58. The molecular weight excluding hydrogens is 472 g/mol. The minimum atomic E-state index is -0.573. The highest BCUT2D eigenvalue weighted by Crippen LogP contribution is 2.46. The number of hydrogen-bond donors (Lipinski definition) is 0. The molecule has 4 amide bonds. The summed E-state index contributed by atoms with van der Waals surface area (Å²) in [4.78, 5) is 55.9. The first kappa shape index (κ1) is 25.0. The number of rotatable bonds is 7. The van der Waals surface area contributed by atoms with E-state index >= 15 is 0 Å². The van der Waals surface area contributed by atoms with Gasteiger partial charge in [0.1, 0.15) is 0 Å². The number of hydrogen-bond acceptors (Lipinski definition) is 6. The van der Waals surface area contributed by atoms with Gasteiger partial charge in [-0.3, -0.25) is 24.1 Å². The lowest BCUT2D eigenvalue weighted by atomic mass is 9.71. The Kier molecular flexibility index (Phi) is 6.79. The summed E-state index contributed by atoms with van der Waals surface area (Å²) in [5.74, 6) is -3.03. The number of fused-ring (bicyclic) bond motifs is 1. The van der Waals surface area contributed by atoms with Crippen LogP contribution in [0.3, 0.4) is 0 Å². The van der Waals surface area contributed by atoms with Crippen LogP contribution in [0.25, 0.3) is 0 Å². The molecule has 2 saturated heterocycles. The maximum atomic E-state index is 13.5. The summed E-state index contributed by atoms with van der Waals surface area (Å²) in [5, 5.41) is 0. The fraction of sp³-hybridized carbons (Fsp3) is 0.379. The lowest BCUT2D eigenvalue weighted by molar-refractivity contribution is -0.125. The summed E-state index contributed by atoms with van der Waals surface area (Å²) in [6.45, 7) is 2.59. The average molecular weight is 503 g/mol. The fourth-order valence-corrected chi connectivity index (χ4v) is 5.98. The summed E-state index contributed by atoms with van der Waals surface area (Å²) in [6.07, 6.45) is 2.35. The zero-order valence-corrected chi connectivity index (χ0v) is 21.2. The largest absolute Gasteiger partial charge is 0.380 e. The predicted octanol–water partition coefficient (Wildman–Crippen LogP) is 3.63. The Bertz CT molecular complexity index is 1300. The van der Waals surface area contributed by atoms with Crippen molar-refractivity contribution in [2.45, 2.75) is 33.0 Å². The first-order chi connectivity index (χ1) is 17.8. The highest BCUT2D eigenvalue weighted by molar-refractivity contribution is 6.23. The second-order valence-corrected chi connectivity index (χ2v) is 9.99. The summed E-state index contributed by atoms with van der Waals surface area (Å²) in [6, 6.07) is 14.4. The van der Waals surface area contributed by atoms with Gasteiger partial charge in [0.15, 0.2) is 0 Å². The van der Waals surface area contributed by atoms with Crippen molar-refractivity contribution in [2.24, 2.45) is 23.7 Å². The van der Waals surface area contributed by atoms with Gasteiger partial charge in [-0.05, 0) is 54.7 Å². The number of allylic oxidation sites excluding steroid dienone is 1. The van der Waals surface area contributed by atoms with Gasteiger partial charge in [0.2, 0.25) is 23.6 Å². The molecule has 3 aliphatic rings. The number of carbonyl (C=O) groups excluding carboxylic acids is 4. The van der Waals surface area contributed by atoms with Gasteiger partial charge in [-0.1, -0.05) is 35.9 Å². The molecular formula is C29H30N2O6. The van der Waals surface area contributed by atoms with E-state index in [1.54, 1.807) is 50.6 Å². The molecule has 2 aliphatic heterocycles. The number of methoxy groups -OCH3 is 2. The first-order valence-corrected chi connectivity index (χ1v) is 12.4. The van der Waals surface area contributed by atoms with Crippen molar-refractivity contribution in [3.05, 3.63) is 71.3 Å². The maximum absolute atomic E-state index is 13.5. The Morgan fingerprint density at radius 2 is 1.35 bits per heavy atom. The van der Waals surface area contributed by atoms with E-state index in [0.29, 0.717) is 31.0 Å². The molecule has 37 heavy (non-hydrogen) atoms. The number of carbonyl (C=O) groups is 4. The molecule has 2 aromatic rings. The summed E-state index contributed by atoms with van der Waals surface area (Å²) >= 11 is 0. The highest BCUT2D eigenvalue weighted by atomic mass is 16.5. The third kappa shape index (κ3) is 4.40. The zero-order valence-electron chi connectivity index (χ0n) is 21.2. The average Bonchev–Trinajstić information content (AvgIpc) is 3.31. The van der Waals surface area contributed by atoms with Crippen LogP contribution in [0.2, 0.25) is 0 Å². The van der Waals surface area contributed by atoms with Crippen molar-refractivity contribution >= 4 is 35.0 Å². The van der Waals surface area contributed by atoms with Crippen molar-refractivity contribution < 1.29 is 28.7 Å². The quantitative estimate of drug-likeness (QED) is 0.424. The Labute approximate surface area is 215 Å². The number of ether oxygens (including phenoxy) is 2. The van der Waals surface area contributed by atoms with Gasteiger partial charge in [-0.25, -0.2) is 4.90 Å². The Balaban J connectivity index is 1.39. The van der Waals surface area contributed by atoms with E-state index in [0.717, 1.165) is 16.7 Å². The van der Waals surface area contributed by atoms with Crippen LogP contribution < -0.4 is 9.80 Å². The van der Waals surface area contributed by atoms with Crippen LogP contribution in [-0.2, 0) is 41.9 Å². The molecule has 5 rings (SSSR count). The van der Waals surface area contributed by atoms with E-state index in [-0.39, 0.29) is 36.0 Å². The van der Waals surface area contributed by atoms with Gasteiger partial charge in [0, 0.05) is 20.6 Å². The molecule has 2 aromatic carbocycles. The van der Waals surface area contributed by atoms with Crippen LogP contribution in [0.4, 0.5) is 11.4 Å². The molecule has 0 unspecified atom stereocenters. The number of nitrogens with zero attached hydrogens (tertiary/aromatic N) is 2. The number of anilines is 2. The minimum absolute atomic E-state index is 0.0735. The fourth-order valence-electron chi connectivity index (χ4n) is 5.98. The van der Waals surface area contributed by atoms with E-state index < -0.39 is 17.8 Å². The van der Waals surface area contributed by atoms with Gasteiger partial charge in [-0.15, -0.1) is 0 Å². The molecule has 8 nitrogen and oxygen atoms in total. The second kappa shape index (κ2) is 10.0. The summed E-state index contributed by atoms with van der Waals surface area (Å²) in [5.41, 5.74) is 3.56. The van der Waals surface area contributed by atoms with E-state index in [4.69, 9.17) is 9.47 Å². The van der Waals surface area contributed by atoms with Gasteiger partial charge in [0.25, 0.3) is 0 Å². The van der Waals surface area contributed by atoms with Crippen LogP contribution in [-0.4, -0.2) is 37.8 Å². The van der Waals surface area contributed by atoms with Gasteiger partial charge in [0.05, 0.1) is 42.3 Å². The normalized spacial score (nSPS) is 25.6. The third-order valence-corrected chi connectivity index (χ3v) is 7.58. The van der Waals surface area contributed by atoms with Crippen molar-refractivity contribution in [3.8, 4) is 0 Å². The molecule has 0 radical (unpaired) electrons. The van der Waals surface area contributed by atoms with E-state index in [1.807, 2.05) is 25.1 Å². The van der Waals surface area contributed by atoms with Crippen LogP contribution in [0.1, 0.15) is 30.9 Å². The van der Waals surface area contributed by atoms with Crippen LogP contribution in [0, 0.1) is 23.7 Å². The molecule has 0 N–H and O–H groups in total. The predicted molar refractivity (Wildman–Crippen MR) is 136 cm³/mol. The van der Waals surface area contributed by atoms with Crippen molar-refractivity contribution in [2.75, 3.05) is 24.0 Å². The summed E-state index contributed by atoms with van der Waals surface area (Å²) < 4.78 is 10.4. The van der Waals surface area contributed by atoms with Crippen LogP contribution in [0.5, 0.6) is 0 Å². The standard InChI is InChI=1S/C29H30N2O6/c1-17-10-20(23-14-25(32)30(27(23)33)21-8-4-6-18(11-21)15-36-2)13-24-26(17)29(35)31(28(24)34)22-9-5-7-19(12-22)16-37-3/h4-12,20,23-24,26H,13-16H2,1-3H3/t20-,23-,24-,26+/m0/s1. The summed E-state index contributed by atoms with van der Waals surface area (Å²) in [7, 11) is 3.18. The van der Waals surface area contributed by atoms with E-state index in [1.165, 1.54) is 9.80 Å².